The first-order chi connectivity index (χ1) is 16.9. The van der Waals surface area contributed by atoms with Crippen molar-refractivity contribution < 1.29 is 17.9 Å². The molecule has 0 spiro atoms. The number of hydrogen-bond donors (Lipinski definition) is 0. The molecule has 1 heterocycles. The number of rotatable bonds is 9. The van der Waals surface area contributed by atoms with Crippen LogP contribution in [0.1, 0.15) is 38.5 Å². The first-order valence-electron chi connectivity index (χ1n) is 11.8. The normalized spacial score (nSPS) is 14.4. The summed E-state index contributed by atoms with van der Waals surface area (Å²) in [6, 6.07) is 14.0. The molecule has 1 amide bonds. The zero-order valence-corrected chi connectivity index (χ0v) is 21.5. The summed E-state index contributed by atoms with van der Waals surface area (Å²) in [4.78, 5) is 19.1. The first kappa shape index (κ1) is 25.1. The lowest BCUT2D eigenvalue weighted by atomic mass is 9.88. The largest absolute Gasteiger partial charge is 0.497 e. The summed E-state index contributed by atoms with van der Waals surface area (Å²) >= 11 is 1.33. The minimum absolute atomic E-state index is 0.157. The monoisotopic (exact) mass is 510 g/mol. The van der Waals surface area contributed by atoms with E-state index in [1.165, 1.54) is 41.6 Å². The molecule has 2 aromatic carbocycles. The van der Waals surface area contributed by atoms with Crippen molar-refractivity contribution in [1.29, 1.82) is 0 Å². The standard InChI is InChI=1S/C27H30N2O4S2/c1-3-26(30)29(27-28-25(19-34-27)21-9-13-23(33-2)14-10-21)22-11-15-24(16-12-22)35(31,32)18-17-20-7-5-4-6-8-20/h3,9-16,19-20H,1,4-8,17-18H2,2H3. The third kappa shape index (κ3) is 6.00. The Labute approximate surface area is 211 Å². The number of aromatic nitrogens is 1. The van der Waals surface area contributed by atoms with E-state index in [1.807, 2.05) is 29.6 Å². The second-order valence-corrected chi connectivity index (χ2v) is 11.7. The van der Waals surface area contributed by atoms with Crippen LogP contribution in [0.5, 0.6) is 5.75 Å². The summed E-state index contributed by atoms with van der Waals surface area (Å²) < 4.78 is 31.0. The average molecular weight is 511 g/mol. The lowest BCUT2D eigenvalue weighted by Gasteiger charge is -2.21. The van der Waals surface area contributed by atoms with Gasteiger partial charge >= 0.3 is 0 Å². The summed E-state index contributed by atoms with van der Waals surface area (Å²) in [7, 11) is -1.76. The van der Waals surface area contributed by atoms with E-state index in [0.29, 0.717) is 23.2 Å². The molecule has 3 aromatic rings. The Kier molecular flexibility index (Phi) is 8.03. The minimum Gasteiger partial charge on any atom is -0.497 e. The van der Waals surface area contributed by atoms with Crippen LogP contribution in [-0.2, 0) is 14.6 Å². The number of carbonyl (C=O) groups excluding carboxylic acids is 1. The summed E-state index contributed by atoms with van der Waals surface area (Å²) in [6.45, 7) is 3.62. The Hall–Kier alpha value is -2.97. The van der Waals surface area contributed by atoms with E-state index >= 15 is 0 Å². The molecule has 0 saturated heterocycles. The number of thiazole rings is 1. The number of methoxy groups -OCH3 is 1. The molecule has 0 atom stereocenters. The number of hydrogen-bond acceptors (Lipinski definition) is 6. The summed E-state index contributed by atoms with van der Waals surface area (Å²) in [5, 5.41) is 2.36. The SMILES string of the molecule is C=CC(=O)N(c1ccc(S(=O)(=O)CCC2CCCCC2)cc1)c1nc(-c2ccc(OC)cc2)cs1. The zero-order valence-electron chi connectivity index (χ0n) is 19.9. The van der Waals surface area contributed by atoms with E-state index in [2.05, 4.69) is 11.6 Å². The fourth-order valence-electron chi connectivity index (χ4n) is 4.40. The summed E-state index contributed by atoms with van der Waals surface area (Å²) in [5.41, 5.74) is 2.17. The van der Waals surface area contributed by atoms with Crippen LogP contribution >= 0.6 is 11.3 Å². The van der Waals surface area contributed by atoms with Gasteiger partial charge < -0.3 is 4.74 Å². The molecule has 35 heavy (non-hydrogen) atoms. The molecule has 0 unspecified atom stereocenters. The van der Waals surface area contributed by atoms with Gasteiger partial charge in [-0.3, -0.25) is 9.69 Å². The molecule has 0 bridgehead atoms. The van der Waals surface area contributed by atoms with Crippen molar-refractivity contribution in [3.63, 3.8) is 0 Å². The number of carbonyl (C=O) groups is 1. The van der Waals surface area contributed by atoms with Crippen molar-refractivity contribution in [1.82, 2.24) is 4.98 Å². The molecular formula is C27H30N2O4S2. The number of nitrogens with zero attached hydrogens (tertiary/aromatic N) is 2. The number of amides is 1. The fraction of sp³-hybridized carbons (Fsp3) is 0.333. The predicted octanol–water partition coefficient (Wildman–Crippen LogP) is 6.41. The third-order valence-corrected chi connectivity index (χ3v) is 9.03. The van der Waals surface area contributed by atoms with E-state index in [0.717, 1.165) is 29.8 Å². The van der Waals surface area contributed by atoms with Crippen LogP contribution < -0.4 is 9.64 Å². The maximum Gasteiger partial charge on any atom is 0.256 e. The lowest BCUT2D eigenvalue weighted by molar-refractivity contribution is -0.113. The van der Waals surface area contributed by atoms with E-state index in [-0.39, 0.29) is 16.6 Å². The Balaban J connectivity index is 1.53. The van der Waals surface area contributed by atoms with E-state index in [1.54, 1.807) is 31.4 Å². The number of ether oxygens (including phenoxy) is 1. The van der Waals surface area contributed by atoms with Gasteiger partial charge in [0.2, 0.25) is 0 Å². The third-order valence-electron chi connectivity index (χ3n) is 6.44. The van der Waals surface area contributed by atoms with Gasteiger partial charge in [0.25, 0.3) is 5.91 Å². The molecule has 0 radical (unpaired) electrons. The van der Waals surface area contributed by atoms with Crippen LogP contribution in [0.15, 0.2) is 71.5 Å². The van der Waals surface area contributed by atoms with Gasteiger partial charge in [0.05, 0.1) is 29.1 Å². The van der Waals surface area contributed by atoms with Crippen LogP contribution in [-0.4, -0.2) is 32.2 Å². The molecule has 1 aliphatic carbocycles. The van der Waals surface area contributed by atoms with Crippen LogP contribution in [0.4, 0.5) is 10.8 Å². The molecule has 8 heteroatoms. The molecular weight excluding hydrogens is 480 g/mol. The van der Waals surface area contributed by atoms with Gasteiger partial charge in [-0.05, 0) is 66.9 Å². The molecule has 4 rings (SSSR count). The first-order valence-corrected chi connectivity index (χ1v) is 14.3. The molecule has 1 fully saturated rings. The van der Waals surface area contributed by atoms with Crippen molar-refractivity contribution in [2.75, 3.05) is 17.8 Å². The van der Waals surface area contributed by atoms with E-state index < -0.39 is 9.84 Å². The highest BCUT2D eigenvalue weighted by Gasteiger charge is 2.23. The smallest absolute Gasteiger partial charge is 0.256 e. The second kappa shape index (κ2) is 11.2. The maximum atomic E-state index is 12.9. The van der Waals surface area contributed by atoms with Gasteiger partial charge in [0, 0.05) is 10.9 Å². The Morgan fingerprint density at radius 1 is 1.11 bits per heavy atom. The van der Waals surface area contributed by atoms with Gasteiger partial charge in [0.15, 0.2) is 15.0 Å². The van der Waals surface area contributed by atoms with Crippen molar-refractivity contribution in [2.24, 2.45) is 5.92 Å². The molecule has 1 saturated carbocycles. The van der Waals surface area contributed by atoms with Crippen LogP contribution in [0.2, 0.25) is 0 Å². The number of anilines is 2. The summed E-state index contributed by atoms with van der Waals surface area (Å²) in [5.74, 6) is 1.07. The van der Waals surface area contributed by atoms with Gasteiger partial charge in [-0.25, -0.2) is 13.4 Å². The van der Waals surface area contributed by atoms with Crippen molar-refractivity contribution in [3.8, 4) is 17.0 Å². The summed E-state index contributed by atoms with van der Waals surface area (Å²) in [6.07, 6.45) is 7.83. The Morgan fingerprint density at radius 3 is 2.43 bits per heavy atom. The molecule has 6 nitrogen and oxygen atoms in total. The van der Waals surface area contributed by atoms with Gasteiger partial charge in [-0.15, -0.1) is 11.3 Å². The number of sulfone groups is 1. The highest BCUT2D eigenvalue weighted by molar-refractivity contribution is 7.91. The fourth-order valence-corrected chi connectivity index (χ4v) is 6.69. The average Bonchev–Trinajstić information content (AvgIpc) is 3.38. The van der Waals surface area contributed by atoms with Crippen LogP contribution in [0.3, 0.4) is 0 Å². The molecule has 1 aromatic heterocycles. The number of benzene rings is 2. The van der Waals surface area contributed by atoms with E-state index in [9.17, 15) is 13.2 Å². The quantitative estimate of drug-likeness (QED) is 0.311. The van der Waals surface area contributed by atoms with Crippen molar-refractivity contribution >= 4 is 37.9 Å². The molecule has 0 aliphatic heterocycles. The topological polar surface area (TPSA) is 76.6 Å². The van der Waals surface area contributed by atoms with Gasteiger partial charge in [-0.1, -0.05) is 38.7 Å². The van der Waals surface area contributed by atoms with Gasteiger partial charge in [0.1, 0.15) is 5.75 Å². The zero-order chi connectivity index (χ0) is 24.8. The van der Waals surface area contributed by atoms with Crippen molar-refractivity contribution in [2.45, 2.75) is 43.4 Å². The Bertz CT molecular complexity index is 1260. The second-order valence-electron chi connectivity index (χ2n) is 8.73. The lowest BCUT2D eigenvalue weighted by Crippen LogP contribution is -2.23. The van der Waals surface area contributed by atoms with Crippen molar-refractivity contribution in [3.05, 3.63) is 66.6 Å². The predicted molar refractivity (Wildman–Crippen MR) is 141 cm³/mol. The Morgan fingerprint density at radius 2 is 1.80 bits per heavy atom. The maximum absolute atomic E-state index is 12.9. The van der Waals surface area contributed by atoms with E-state index in [4.69, 9.17) is 4.74 Å². The minimum atomic E-state index is -3.38. The highest BCUT2D eigenvalue weighted by Crippen LogP contribution is 2.34. The van der Waals surface area contributed by atoms with Crippen LogP contribution in [0.25, 0.3) is 11.3 Å². The molecule has 184 valence electrons. The highest BCUT2D eigenvalue weighted by atomic mass is 32.2. The van der Waals surface area contributed by atoms with Gasteiger partial charge in [-0.2, -0.15) is 0 Å². The molecule has 0 N–H and O–H groups in total. The molecule has 1 aliphatic rings. The van der Waals surface area contributed by atoms with Crippen LogP contribution in [0, 0.1) is 5.92 Å².